The van der Waals surface area contributed by atoms with Gasteiger partial charge >= 0.3 is 0 Å². The van der Waals surface area contributed by atoms with Gasteiger partial charge in [0.1, 0.15) is 0 Å². The molecule has 116 valence electrons. The summed E-state index contributed by atoms with van der Waals surface area (Å²) in [6, 6.07) is 4.86. The van der Waals surface area contributed by atoms with Crippen molar-refractivity contribution in [2.24, 2.45) is 0 Å². The summed E-state index contributed by atoms with van der Waals surface area (Å²) in [4.78, 5) is 17.1. The molecule has 0 amide bonds. The summed E-state index contributed by atoms with van der Waals surface area (Å²) in [7, 11) is 2.03. The highest BCUT2D eigenvalue weighted by atomic mass is 16.6. The van der Waals surface area contributed by atoms with Crippen molar-refractivity contribution in [3.8, 4) is 11.5 Å². The topological polar surface area (TPSA) is 97.3 Å². The number of nitro benzene ring substituents is 1. The maximum absolute atomic E-state index is 10.9. The molecular weight excluding hydrogens is 286 g/mol. The van der Waals surface area contributed by atoms with Crippen LogP contribution in [0.2, 0.25) is 0 Å². The number of nitrogens with zero attached hydrogens (tertiary/aromatic N) is 4. The normalized spacial score (nSPS) is 19.3. The second-order valence-electron chi connectivity index (χ2n) is 5.42. The molecular formula is C14H17N5O3. The van der Waals surface area contributed by atoms with Gasteiger partial charge in [0.15, 0.2) is 5.82 Å². The van der Waals surface area contributed by atoms with Crippen molar-refractivity contribution < 1.29 is 9.45 Å². The van der Waals surface area contributed by atoms with Gasteiger partial charge in [-0.05, 0) is 26.1 Å². The van der Waals surface area contributed by atoms with Crippen LogP contribution in [0, 0.1) is 17.0 Å². The van der Waals surface area contributed by atoms with Gasteiger partial charge in [-0.3, -0.25) is 15.0 Å². The van der Waals surface area contributed by atoms with Gasteiger partial charge in [-0.25, -0.2) is 0 Å². The minimum atomic E-state index is -0.402. The summed E-state index contributed by atoms with van der Waals surface area (Å²) in [5.74, 6) is 1.01. The van der Waals surface area contributed by atoms with Crippen molar-refractivity contribution in [2.45, 2.75) is 13.0 Å². The fraction of sp³-hybridized carbons (Fsp3) is 0.429. The Labute approximate surface area is 127 Å². The summed E-state index contributed by atoms with van der Waals surface area (Å²) in [6.45, 7) is 4.33. The predicted octanol–water partition coefficient (Wildman–Crippen LogP) is 1.53. The fourth-order valence-electron chi connectivity index (χ4n) is 2.58. The minimum Gasteiger partial charge on any atom is -0.334 e. The second-order valence-corrected chi connectivity index (χ2v) is 5.42. The number of piperazine rings is 1. The maximum Gasteiger partial charge on any atom is 0.272 e. The van der Waals surface area contributed by atoms with Crippen LogP contribution in [-0.4, -0.2) is 46.6 Å². The first-order chi connectivity index (χ1) is 10.6. The molecule has 1 fully saturated rings. The average Bonchev–Trinajstić information content (AvgIpc) is 2.97. The monoisotopic (exact) mass is 303 g/mol. The Morgan fingerprint density at radius 3 is 3.00 bits per heavy atom. The standard InChI is InChI=1S/C14H17N5O3/c1-9-7-10(3-4-11(9)19(20)21)14-16-13(17-22-14)12-8-15-5-6-18(12)2/h3-4,7,12,15H,5-6,8H2,1-2H3. The zero-order valence-electron chi connectivity index (χ0n) is 12.4. The molecule has 0 bridgehead atoms. The Morgan fingerprint density at radius 1 is 1.50 bits per heavy atom. The molecule has 8 nitrogen and oxygen atoms in total. The Kier molecular flexibility index (Phi) is 3.86. The van der Waals surface area contributed by atoms with Gasteiger partial charge < -0.3 is 9.84 Å². The number of nitro groups is 1. The second kappa shape index (κ2) is 5.82. The lowest BCUT2D eigenvalue weighted by atomic mass is 10.1. The number of hydrogen-bond donors (Lipinski definition) is 1. The van der Waals surface area contributed by atoms with E-state index in [1.54, 1.807) is 19.1 Å². The molecule has 1 aromatic carbocycles. The highest BCUT2D eigenvalue weighted by molar-refractivity contribution is 5.58. The molecule has 3 rings (SSSR count). The predicted molar refractivity (Wildman–Crippen MR) is 79.4 cm³/mol. The fourth-order valence-corrected chi connectivity index (χ4v) is 2.58. The lowest BCUT2D eigenvalue weighted by molar-refractivity contribution is -0.385. The van der Waals surface area contributed by atoms with Crippen LogP contribution in [0.15, 0.2) is 22.7 Å². The molecule has 1 unspecified atom stereocenters. The van der Waals surface area contributed by atoms with Crippen LogP contribution in [0.5, 0.6) is 0 Å². The van der Waals surface area contributed by atoms with E-state index in [0.717, 1.165) is 19.6 Å². The van der Waals surface area contributed by atoms with E-state index in [4.69, 9.17) is 4.52 Å². The molecule has 0 radical (unpaired) electrons. The molecule has 1 saturated heterocycles. The number of aryl methyl sites for hydroxylation is 1. The lowest BCUT2D eigenvalue weighted by Gasteiger charge is -2.30. The summed E-state index contributed by atoms with van der Waals surface area (Å²) in [5.41, 5.74) is 1.34. The highest BCUT2D eigenvalue weighted by Gasteiger charge is 2.25. The van der Waals surface area contributed by atoms with Crippen LogP contribution in [-0.2, 0) is 0 Å². The zero-order chi connectivity index (χ0) is 15.7. The molecule has 22 heavy (non-hydrogen) atoms. The number of rotatable bonds is 3. The van der Waals surface area contributed by atoms with Crippen molar-refractivity contribution in [2.75, 3.05) is 26.7 Å². The van der Waals surface area contributed by atoms with Crippen molar-refractivity contribution >= 4 is 5.69 Å². The molecule has 1 N–H and O–H groups in total. The van der Waals surface area contributed by atoms with E-state index in [1.807, 2.05) is 7.05 Å². The van der Waals surface area contributed by atoms with Gasteiger partial charge in [0.2, 0.25) is 0 Å². The molecule has 0 saturated carbocycles. The first kappa shape index (κ1) is 14.6. The molecule has 1 atom stereocenters. The third kappa shape index (κ3) is 2.70. The van der Waals surface area contributed by atoms with E-state index in [9.17, 15) is 10.1 Å². The first-order valence-electron chi connectivity index (χ1n) is 7.06. The van der Waals surface area contributed by atoms with Crippen molar-refractivity contribution in [1.82, 2.24) is 20.4 Å². The van der Waals surface area contributed by atoms with Gasteiger partial charge in [0.25, 0.3) is 11.6 Å². The molecule has 1 aromatic heterocycles. The van der Waals surface area contributed by atoms with E-state index in [0.29, 0.717) is 22.8 Å². The van der Waals surface area contributed by atoms with Crippen LogP contribution < -0.4 is 5.32 Å². The minimum absolute atomic E-state index is 0.0744. The molecule has 1 aliphatic heterocycles. The number of likely N-dealkylation sites (N-methyl/N-ethyl adjacent to an activating group) is 1. The Morgan fingerprint density at radius 2 is 2.32 bits per heavy atom. The third-order valence-electron chi connectivity index (χ3n) is 3.89. The van der Waals surface area contributed by atoms with Crippen LogP contribution in [0.1, 0.15) is 17.4 Å². The molecule has 8 heteroatoms. The van der Waals surface area contributed by atoms with Crippen LogP contribution in [0.4, 0.5) is 5.69 Å². The quantitative estimate of drug-likeness (QED) is 0.678. The van der Waals surface area contributed by atoms with Gasteiger partial charge in [0, 0.05) is 36.8 Å². The van der Waals surface area contributed by atoms with Gasteiger partial charge in [0.05, 0.1) is 11.0 Å². The van der Waals surface area contributed by atoms with E-state index < -0.39 is 4.92 Å². The van der Waals surface area contributed by atoms with Crippen molar-refractivity contribution in [3.63, 3.8) is 0 Å². The lowest BCUT2D eigenvalue weighted by Crippen LogP contribution is -2.44. The van der Waals surface area contributed by atoms with Crippen LogP contribution in [0.25, 0.3) is 11.5 Å². The first-order valence-corrected chi connectivity index (χ1v) is 7.06. The number of benzene rings is 1. The number of hydrogen-bond acceptors (Lipinski definition) is 7. The molecule has 0 spiro atoms. The Hall–Kier alpha value is -2.32. The van der Waals surface area contributed by atoms with Crippen LogP contribution in [0.3, 0.4) is 0 Å². The van der Waals surface area contributed by atoms with Crippen molar-refractivity contribution in [3.05, 3.63) is 39.7 Å². The summed E-state index contributed by atoms with van der Waals surface area (Å²) in [5, 5.41) is 18.2. The SMILES string of the molecule is Cc1cc(-c2nc(C3CNCCN3C)no2)ccc1[N+](=O)[O-]. The molecule has 1 aliphatic rings. The Bertz CT molecular complexity index is 700. The zero-order valence-corrected chi connectivity index (χ0v) is 12.4. The van der Waals surface area contributed by atoms with E-state index in [1.165, 1.54) is 6.07 Å². The number of aromatic nitrogens is 2. The molecule has 2 aromatic rings. The molecule has 0 aliphatic carbocycles. The third-order valence-corrected chi connectivity index (χ3v) is 3.89. The van der Waals surface area contributed by atoms with E-state index in [2.05, 4.69) is 20.4 Å². The number of nitrogens with one attached hydrogen (secondary N) is 1. The van der Waals surface area contributed by atoms with E-state index >= 15 is 0 Å². The highest BCUT2D eigenvalue weighted by Crippen LogP contribution is 2.26. The van der Waals surface area contributed by atoms with Gasteiger partial charge in [-0.2, -0.15) is 4.98 Å². The van der Waals surface area contributed by atoms with Crippen molar-refractivity contribution in [1.29, 1.82) is 0 Å². The maximum atomic E-state index is 10.9. The van der Waals surface area contributed by atoms with Crippen LogP contribution >= 0.6 is 0 Å². The van der Waals surface area contributed by atoms with Gasteiger partial charge in [-0.1, -0.05) is 5.16 Å². The Balaban J connectivity index is 1.87. The van der Waals surface area contributed by atoms with Gasteiger partial charge in [-0.15, -0.1) is 0 Å². The smallest absolute Gasteiger partial charge is 0.272 e. The van der Waals surface area contributed by atoms with E-state index in [-0.39, 0.29) is 11.7 Å². The summed E-state index contributed by atoms with van der Waals surface area (Å²) >= 11 is 0. The largest absolute Gasteiger partial charge is 0.334 e. The average molecular weight is 303 g/mol. The summed E-state index contributed by atoms with van der Waals surface area (Å²) in [6.07, 6.45) is 0. The molecule has 2 heterocycles. The summed E-state index contributed by atoms with van der Waals surface area (Å²) < 4.78 is 5.32.